The van der Waals surface area contributed by atoms with Crippen LogP contribution in [0.4, 0.5) is 13.2 Å². The predicted molar refractivity (Wildman–Crippen MR) is 74.3 cm³/mol. The molecule has 0 aliphatic rings. The maximum atomic E-state index is 12.5. The first kappa shape index (κ1) is 18.0. The van der Waals surface area contributed by atoms with Gasteiger partial charge >= 0.3 is 12.1 Å². The van der Waals surface area contributed by atoms with Crippen LogP contribution >= 0.6 is 0 Å². The molecule has 1 rings (SSSR count). The quantitative estimate of drug-likeness (QED) is 0.757. The van der Waals surface area contributed by atoms with Crippen LogP contribution in [-0.4, -0.2) is 37.0 Å². The molecule has 4 nitrogen and oxygen atoms in total. The third-order valence-corrected chi connectivity index (χ3v) is 3.05. The molecule has 0 saturated heterocycles. The smallest absolute Gasteiger partial charge is 0.416 e. The van der Waals surface area contributed by atoms with Crippen molar-refractivity contribution in [2.75, 3.05) is 20.2 Å². The second kappa shape index (κ2) is 7.82. The monoisotopic (exact) mass is 317 g/mol. The first-order chi connectivity index (χ1) is 10.3. The lowest BCUT2D eigenvalue weighted by molar-refractivity contribution is -0.141. The molecule has 0 radical (unpaired) electrons. The fourth-order valence-electron chi connectivity index (χ4n) is 1.90. The maximum absolute atomic E-state index is 12.5. The summed E-state index contributed by atoms with van der Waals surface area (Å²) in [6, 6.07) is 4.03. The van der Waals surface area contributed by atoms with E-state index in [1.165, 1.54) is 12.0 Å². The topological polar surface area (TPSA) is 46.6 Å². The van der Waals surface area contributed by atoms with Crippen molar-refractivity contribution in [1.29, 1.82) is 0 Å². The van der Waals surface area contributed by atoms with Crippen molar-refractivity contribution in [3.05, 3.63) is 35.4 Å². The minimum atomic E-state index is -4.43. The summed E-state index contributed by atoms with van der Waals surface area (Å²) in [5, 5.41) is 0. The molecule has 1 aromatic rings. The van der Waals surface area contributed by atoms with Gasteiger partial charge in [0.25, 0.3) is 5.91 Å². The summed E-state index contributed by atoms with van der Waals surface area (Å²) in [7, 11) is 1.25. The van der Waals surface area contributed by atoms with E-state index in [1.54, 1.807) is 0 Å². The van der Waals surface area contributed by atoms with Crippen molar-refractivity contribution in [3.8, 4) is 0 Å². The van der Waals surface area contributed by atoms with E-state index in [2.05, 4.69) is 4.74 Å². The lowest BCUT2D eigenvalue weighted by Crippen LogP contribution is -2.34. The molecule has 0 spiro atoms. The molecule has 0 saturated carbocycles. The summed E-state index contributed by atoms with van der Waals surface area (Å²) in [5.74, 6) is -0.846. The number of carbonyl (C=O) groups excluding carboxylic acids is 2. The van der Waals surface area contributed by atoms with Crippen LogP contribution in [0.25, 0.3) is 0 Å². The van der Waals surface area contributed by atoms with Gasteiger partial charge in [-0.3, -0.25) is 9.59 Å². The average Bonchev–Trinajstić information content (AvgIpc) is 2.49. The van der Waals surface area contributed by atoms with Gasteiger partial charge < -0.3 is 9.64 Å². The van der Waals surface area contributed by atoms with Crippen molar-refractivity contribution in [3.63, 3.8) is 0 Å². The Morgan fingerprint density at radius 3 is 2.18 bits per heavy atom. The van der Waals surface area contributed by atoms with Crippen LogP contribution in [0.3, 0.4) is 0 Å². The van der Waals surface area contributed by atoms with Crippen LogP contribution in [0.15, 0.2) is 24.3 Å². The van der Waals surface area contributed by atoms with Crippen LogP contribution < -0.4 is 0 Å². The van der Waals surface area contributed by atoms with Gasteiger partial charge in [-0.2, -0.15) is 13.2 Å². The summed E-state index contributed by atoms with van der Waals surface area (Å²) in [6.45, 7) is 2.45. The molecule has 0 aromatic heterocycles. The standard InChI is InChI=1S/C15H18F3NO3/c1-3-9-19(10-8-13(20)22-2)14(21)11-4-6-12(7-5-11)15(16,17)18/h4-7H,3,8-10H2,1-2H3. The van der Waals surface area contributed by atoms with E-state index < -0.39 is 23.6 Å². The number of benzene rings is 1. The molecule has 22 heavy (non-hydrogen) atoms. The van der Waals surface area contributed by atoms with Gasteiger partial charge in [0.15, 0.2) is 0 Å². The van der Waals surface area contributed by atoms with Gasteiger partial charge in [0.2, 0.25) is 0 Å². The van der Waals surface area contributed by atoms with Crippen LogP contribution in [0.5, 0.6) is 0 Å². The van der Waals surface area contributed by atoms with E-state index in [0.717, 1.165) is 24.3 Å². The number of nitrogens with zero attached hydrogens (tertiary/aromatic N) is 1. The Labute approximate surface area is 126 Å². The number of hydrogen-bond acceptors (Lipinski definition) is 3. The Hall–Kier alpha value is -2.05. The molecule has 0 atom stereocenters. The Kier molecular flexibility index (Phi) is 6.39. The average molecular weight is 317 g/mol. The van der Waals surface area contributed by atoms with E-state index in [9.17, 15) is 22.8 Å². The SMILES string of the molecule is CCCN(CCC(=O)OC)C(=O)c1ccc(C(F)(F)F)cc1. The molecule has 1 aromatic carbocycles. The normalized spacial score (nSPS) is 11.1. The molecule has 0 aliphatic carbocycles. The molecule has 0 heterocycles. The summed E-state index contributed by atoms with van der Waals surface area (Å²) in [5.41, 5.74) is -0.646. The third-order valence-electron chi connectivity index (χ3n) is 3.05. The molecule has 7 heteroatoms. The Morgan fingerprint density at radius 2 is 1.73 bits per heavy atom. The summed E-state index contributed by atoms with van der Waals surface area (Å²) in [6.07, 6.45) is -3.72. The van der Waals surface area contributed by atoms with Crippen LogP contribution in [0.2, 0.25) is 0 Å². The zero-order chi connectivity index (χ0) is 16.8. The van der Waals surface area contributed by atoms with Crippen LogP contribution in [-0.2, 0) is 15.7 Å². The number of esters is 1. The van der Waals surface area contributed by atoms with E-state index in [4.69, 9.17) is 0 Å². The first-order valence-electron chi connectivity index (χ1n) is 6.83. The first-order valence-corrected chi connectivity index (χ1v) is 6.83. The number of halogens is 3. The number of carbonyl (C=O) groups is 2. The highest BCUT2D eigenvalue weighted by Crippen LogP contribution is 2.29. The maximum Gasteiger partial charge on any atom is 0.416 e. The molecule has 0 unspecified atom stereocenters. The van der Waals surface area contributed by atoms with E-state index in [-0.39, 0.29) is 18.5 Å². The summed E-state index contributed by atoms with van der Waals surface area (Å²) >= 11 is 0. The van der Waals surface area contributed by atoms with E-state index >= 15 is 0 Å². The van der Waals surface area contributed by atoms with E-state index in [0.29, 0.717) is 13.0 Å². The third kappa shape index (κ3) is 5.05. The van der Waals surface area contributed by atoms with Crippen molar-refractivity contribution in [2.24, 2.45) is 0 Å². The highest BCUT2D eigenvalue weighted by Gasteiger charge is 2.30. The number of hydrogen-bond donors (Lipinski definition) is 0. The van der Waals surface area contributed by atoms with Crippen molar-refractivity contribution >= 4 is 11.9 Å². The summed E-state index contributed by atoms with van der Waals surface area (Å²) < 4.78 is 42.0. The van der Waals surface area contributed by atoms with Crippen molar-refractivity contribution in [2.45, 2.75) is 25.9 Å². The predicted octanol–water partition coefficient (Wildman–Crippen LogP) is 3.12. The number of methoxy groups -OCH3 is 1. The highest BCUT2D eigenvalue weighted by molar-refractivity contribution is 5.94. The zero-order valence-corrected chi connectivity index (χ0v) is 12.4. The van der Waals surface area contributed by atoms with Gasteiger partial charge in [0.05, 0.1) is 19.1 Å². The van der Waals surface area contributed by atoms with Crippen LogP contribution in [0, 0.1) is 0 Å². The lowest BCUT2D eigenvalue weighted by atomic mass is 10.1. The van der Waals surface area contributed by atoms with Crippen molar-refractivity contribution in [1.82, 2.24) is 4.90 Å². The second-order valence-electron chi connectivity index (χ2n) is 4.69. The lowest BCUT2D eigenvalue weighted by Gasteiger charge is -2.22. The number of rotatable bonds is 6. The Morgan fingerprint density at radius 1 is 1.14 bits per heavy atom. The van der Waals surface area contributed by atoms with Crippen molar-refractivity contribution < 1.29 is 27.5 Å². The molecule has 122 valence electrons. The molecule has 0 fully saturated rings. The number of ether oxygens (including phenoxy) is 1. The van der Waals surface area contributed by atoms with Gasteiger partial charge in [-0.15, -0.1) is 0 Å². The number of alkyl halides is 3. The van der Waals surface area contributed by atoms with Gasteiger partial charge in [0, 0.05) is 18.7 Å². The molecule has 0 N–H and O–H groups in total. The highest BCUT2D eigenvalue weighted by atomic mass is 19.4. The fourth-order valence-corrected chi connectivity index (χ4v) is 1.90. The fraction of sp³-hybridized carbons (Fsp3) is 0.467. The molecule has 0 bridgehead atoms. The van der Waals surface area contributed by atoms with E-state index in [1.807, 2.05) is 6.92 Å². The molecule has 1 amide bonds. The van der Waals surface area contributed by atoms with Gasteiger partial charge in [-0.05, 0) is 30.7 Å². The minimum Gasteiger partial charge on any atom is -0.469 e. The van der Waals surface area contributed by atoms with Gasteiger partial charge in [-0.1, -0.05) is 6.92 Å². The Balaban J connectivity index is 2.82. The summed E-state index contributed by atoms with van der Waals surface area (Å²) in [4.78, 5) is 24.9. The largest absolute Gasteiger partial charge is 0.469 e. The number of amides is 1. The second-order valence-corrected chi connectivity index (χ2v) is 4.69. The Bertz CT molecular complexity index is 512. The molecular formula is C15H18F3NO3. The molecular weight excluding hydrogens is 299 g/mol. The minimum absolute atomic E-state index is 0.0445. The van der Waals surface area contributed by atoms with Gasteiger partial charge in [-0.25, -0.2) is 0 Å². The van der Waals surface area contributed by atoms with Crippen LogP contribution in [0.1, 0.15) is 35.7 Å². The van der Waals surface area contributed by atoms with Gasteiger partial charge in [0.1, 0.15) is 0 Å². The molecule has 0 aliphatic heterocycles. The zero-order valence-electron chi connectivity index (χ0n) is 12.4.